The minimum absolute atomic E-state index is 0.0155. The molecule has 0 aliphatic heterocycles. The van der Waals surface area contributed by atoms with E-state index in [2.05, 4.69) is 5.32 Å². The van der Waals surface area contributed by atoms with Crippen molar-refractivity contribution in [2.45, 2.75) is 19.4 Å². The second-order valence-electron chi connectivity index (χ2n) is 4.30. The van der Waals surface area contributed by atoms with E-state index < -0.39 is 5.54 Å². The molecule has 0 saturated heterocycles. The van der Waals surface area contributed by atoms with Crippen LogP contribution in [0.4, 0.5) is 11.4 Å². The van der Waals surface area contributed by atoms with Gasteiger partial charge in [0.1, 0.15) is 5.75 Å². The zero-order valence-electron chi connectivity index (χ0n) is 9.82. The lowest BCUT2D eigenvalue weighted by molar-refractivity contribution is -0.830. The number of anilines is 1. The molecule has 0 atom stereocenters. The smallest absolute Gasteiger partial charge is 0.165 e. The van der Waals surface area contributed by atoms with E-state index in [-0.39, 0.29) is 12.4 Å². The number of aliphatic hydroxyl groups excluding tert-OH is 1. The number of nitrogens with two attached hydrogens (primary N) is 1. The fourth-order valence-corrected chi connectivity index (χ4v) is 1.27. The fraction of sp³-hybridized carbons (Fsp3) is 0.455. The zero-order chi connectivity index (χ0) is 12.2. The van der Waals surface area contributed by atoms with Gasteiger partial charge in [-0.05, 0) is 19.9 Å². The maximum atomic E-state index is 9.76. The molecule has 0 fully saturated rings. The third kappa shape index (κ3) is 3.37. The van der Waals surface area contributed by atoms with E-state index in [4.69, 9.17) is 9.94 Å². The van der Waals surface area contributed by atoms with Gasteiger partial charge in [-0.3, -0.25) is 0 Å². The average molecular weight is 227 g/mol. The molecule has 5 nitrogen and oxygen atoms in total. The normalized spacial score (nSPS) is 11.5. The Labute approximate surface area is 95.0 Å². The highest BCUT2D eigenvalue weighted by molar-refractivity contribution is 5.60. The number of phenols is 1. The van der Waals surface area contributed by atoms with Crippen molar-refractivity contribution >= 4 is 11.4 Å². The van der Waals surface area contributed by atoms with Crippen LogP contribution in [-0.4, -0.2) is 29.5 Å². The van der Waals surface area contributed by atoms with E-state index in [1.54, 1.807) is 24.7 Å². The number of aromatic hydroxyl groups is 1. The highest BCUT2D eigenvalue weighted by atomic mass is 16.6. The van der Waals surface area contributed by atoms with Crippen LogP contribution in [0.3, 0.4) is 0 Å². The van der Waals surface area contributed by atoms with Gasteiger partial charge in [0.05, 0.1) is 24.9 Å². The molecule has 1 rings (SSSR count). The van der Waals surface area contributed by atoms with Crippen LogP contribution in [0.2, 0.25) is 0 Å². The van der Waals surface area contributed by atoms with Crippen molar-refractivity contribution in [3.8, 4) is 5.75 Å². The maximum Gasteiger partial charge on any atom is 0.165 e. The van der Waals surface area contributed by atoms with Crippen molar-refractivity contribution in [1.82, 2.24) is 0 Å². The number of benzene rings is 1. The Morgan fingerprint density at radius 2 is 2.12 bits per heavy atom. The number of rotatable bonds is 5. The Bertz CT molecular complexity index is 353. The van der Waals surface area contributed by atoms with Gasteiger partial charge in [0.2, 0.25) is 0 Å². The van der Waals surface area contributed by atoms with Gasteiger partial charge in [0, 0.05) is 12.1 Å². The summed E-state index contributed by atoms with van der Waals surface area (Å²) in [6.07, 6.45) is 0. The van der Waals surface area contributed by atoms with Crippen molar-refractivity contribution in [3.63, 3.8) is 0 Å². The molecule has 0 amide bonds. The quantitative estimate of drug-likeness (QED) is 0.332. The lowest BCUT2D eigenvalue weighted by atomic mass is 10.1. The molecule has 16 heavy (non-hydrogen) atoms. The van der Waals surface area contributed by atoms with Gasteiger partial charge in [-0.15, -0.1) is 0 Å². The van der Waals surface area contributed by atoms with Gasteiger partial charge in [-0.25, -0.2) is 4.84 Å². The summed E-state index contributed by atoms with van der Waals surface area (Å²) in [6, 6.07) is 5.16. The lowest BCUT2D eigenvalue weighted by Gasteiger charge is -2.25. The number of phenolic OH excluding ortho intramolecular Hbond substituents is 1. The summed E-state index contributed by atoms with van der Waals surface area (Å²) >= 11 is 0. The number of hydrogen-bond donors (Lipinski definition) is 4. The topological polar surface area (TPSA) is 78.3 Å². The van der Waals surface area contributed by atoms with Crippen molar-refractivity contribution in [2.75, 3.05) is 19.0 Å². The Morgan fingerprint density at radius 1 is 1.44 bits per heavy atom. The minimum Gasteiger partial charge on any atom is -0.506 e. The molecule has 0 heterocycles. The predicted molar refractivity (Wildman–Crippen MR) is 61.5 cm³/mol. The van der Waals surface area contributed by atoms with Gasteiger partial charge in [0.25, 0.3) is 0 Å². The monoisotopic (exact) mass is 227 g/mol. The molecule has 0 aliphatic rings. The van der Waals surface area contributed by atoms with Crippen molar-refractivity contribution in [2.24, 2.45) is 0 Å². The summed E-state index contributed by atoms with van der Waals surface area (Å²) < 4.78 is 0. The number of quaternary nitrogens is 1. The Kier molecular flexibility index (Phi) is 4.12. The maximum absolute atomic E-state index is 9.76. The zero-order valence-corrected chi connectivity index (χ0v) is 9.82. The van der Waals surface area contributed by atoms with Gasteiger partial charge < -0.3 is 15.5 Å². The first-order chi connectivity index (χ1) is 7.48. The summed E-state index contributed by atoms with van der Waals surface area (Å²) in [6.45, 7) is 3.68. The third-order valence-corrected chi connectivity index (χ3v) is 2.14. The van der Waals surface area contributed by atoms with Crippen LogP contribution >= 0.6 is 0 Å². The molecular formula is C11H19N2O3+. The van der Waals surface area contributed by atoms with E-state index in [0.717, 1.165) is 5.69 Å². The van der Waals surface area contributed by atoms with Crippen LogP contribution in [0, 0.1) is 0 Å². The minimum atomic E-state index is -0.468. The first kappa shape index (κ1) is 12.8. The Balaban J connectivity index is 2.83. The molecule has 0 aliphatic carbocycles. The molecule has 0 spiro atoms. The largest absolute Gasteiger partial charge is 0.506 e. The highest BCUT2D eigenvalue weighted by Gasteiger charge is 2.17. The van der Waals surface area contributed by atoms with E-state index in [1.165, 1.54) is 0 Å². The van der Waals surface area contributed by atoms with Gasteiger partial charge in [0.15, 0.2) is 5.69 Å². The molecule has 0 saturated carbocycles. The highest BCUT2D eigenvalue weighted by Crippen LogP contribution is 2.27. The molecule has 90 valence electrons. The van der Waals surface area contributed by atoms with Crippen molar-refractivity contribution < 1.29 is 20.5 Å². The third-order valence-electron chi connectivity index (χ3n) is 2.14. The summed E-state index contributed by atoms with van der Waals surface area (Å²) in [5, 5.41) is 21.9. The van der Waals surface area contributed by atoms with Gasteiger partial charge in [-0.2, -0.15) is 5.48 Å². The predicted octanol–water partition coefficient (Wildman–Crippen LogP) is 0.331. The van der Waals surface area contributed by atoms with Gasteiger partial charge in [-0.1, -0.05) is 0 Å². The van der Waals surface area contributed by atoms with E-state index in [1.807, 2.05) is 19.9 Å². The average Bonchev–Trinajstić information content (AvgIpc) is 2.23. The van der Waals surface area contributed by atoms with Crippen LogP contribution in [0.1, 0.15) is 13.8 Å². The number of aliphatic hydroxyl groups is 1. The molecule has 5 N–H and O–H groups in total. The summed E-state index contributed by atoms with van der Waals surface area (Å²) in [4.78, 5) is 4.85. The first-order valence-electron chi connectivity index (χ1n) is 5.06. The standard InChI is InChI=1S/C11H18N2O3/c1-11(2,7-14)12-9-5-4-8(13-16-3)6-10(9)15/h4-6,12-15H,7H2,1-3H3/p+1. The molecule has 0 bridgehead atoms. The summed E-state index contributed by atoms with van der Waals surface area (Å²) in [5.41, 5.74) is 2.45. The molecule has 0 aromatic heterocycles. The molecular weight excluding hydrogens is 208 g/mol. The van der Waals surface area contributed by atoms with E-state index in [9.17, 15) is 5.11 Å². The molecule has 1 aromatic rings. The summed E-state index contributed by atoms with van der Waals surface area (Å²) in [5.74, 6) is 0.132. The van der Waals surface area contributed by atoms with Crippen LogP contribution in [-0.2, 0) is 4.84 Å². The second-order valence-corrected chi connectivity index (χ2v) is 4.30. The van der Waals surface area contributed by atoms with E-state index in [0.29, 0.717) is 5.69 Å². The van der Waals surface area contributed by atoms with Crippen LogP contribution in [0.5, 0.6) is 5.75 Å². The van der Waals surface area contributed by atoms with Gasteiger partial charge >= 0.3 is 0 Å². The van der Waals surface area contributed by atoms with Crippen LogP contribution in [0.25, 0.3) is 0 Å². The van der Waals surface area contributed by atoms with Crippen molar-refractivity contribution in [1.29, 1.82) is 0 Å². The fourth-order valence-electron chi connectivity index (χ4n) is 1.27. The Hall–Kier alpha value is -1.30. The molecule has 0 unspecified atom stereocenters. The lowest BCUT2D eigenvalue weighted by Crippen LogP contribution is -2.75. The van der Waals surface area contributed by atoms with Crippen molar-refractivity contribution in [3.05, 3.63) is 18.2 Å². The van der Waals surface area contributed by atoms with E-state index >= 15 is 0 Å². The van der Waals surface area contributed by atoms with Crippen LogP contribution < -0.4 is 10.8 Å². The number of hydrogen-bond acceptors (Lipinski definition) is 4. The molecule has 1 aromatic carbocycles. The molecule has 0 radical (unpaired) electrons. The SMILES string of the molecule is CO[NH2+]c1ccc(NC(C)(C)CO)c(O)c1. The Morgan fingerprint density at radius 3 is 2.62 bits per heavy atom. The summed E-state index contributed by atoms with van der Waals surface area (Å²) in [7, 11) is 1.55. The second kappa shape index (κ2) is 5.16. The van der Waals surface area contributed by atoms with Crippen LogP contribution in [0.15, 0.2) is 18.2 Å². The molecule has 5 heteroatoms. The number of nitrogens with one attached hydrogen (secondary N) is 1. The first-order valence-corrected chi connectivity index (χ1v) is 5.06.